The number of nitrogens with one attached hydrogen (secondary N) is 1. The molecule has 1 aliphatic carbocycles. The van der Waals surface area contributed by atoms with Crippen molar-refractivity contribution >= 4 is 11.0 Å². The van der Waals surface area contributed by atoms with E-state index in [1.807, 2.05) is 0 Å². The Labute approximate surface area is 115 Å². The van der Waals surface area contributed by atoms with Gasteiger partial charge in [-0.3, -0.25) is 0 Å². The van der Waals surface area contributed by atoms with Crippen molar-refractivity contribution in [2.24, 2.45) is 0 Å². The number of furan rings is 1. The van der Waals surface area contributed by atoms with Crippen LogP contribution in [-0.4, -0.2) is 6.04 Å². The lowest BCUT2D eigenvalue weighted by molar-refractivity contribution is 0.485. The van der Waals surface area contributed by atoms with Crippen molar-refractivity contribution in [1.82, 2.24) is 5.32 Å². The molecule has 1 aliphatic rings. The third kappa shape index (κ3) is 2.42. The van der Waals surface area contributed by atoms with Gasteiger partial charge in [-0.05, 0) is 61.4 Å². The summed E-state index contributed by atoms with van der Waals surface area (Å²) in [5.74, 6) is 1.09. The lowest BCUT2D eigenvalue weighted by Crippen LogP contribution is -2.21. The number of fused-ring (bicyclic) bond motifs is 2. The molecule has 2 heteroatoms. The van der Waals surface area contributed by atoms with Crippen molar-refractivity contribution in [3.05, 3.63) is 34.6 Å². The summed E-state index contributed by atoms with van der Waals surface area (Å²) in [6.45, 7) is 7.33. The lowest BCUT2D eigenvalue weighted by atomic mass is 9.90. The third-order valence-corrected chi connectivity index (χ3v) is 4.17. The molecule has 0 amide bonds. The van der Waals surface area contributed by atoms with Crippen molar-refractivity contribution in [3.8, 4) is 0 Å². The Morgan fingerprint density at radius 3 is 2.53 bits per heavy atom. The number of hydrogen-bond acceptors (Lipinski definition) is 2. The zero-order chi connectivity index (χ0) is 13.4. The van der Waals surface area contributed by atoms with E-state index in [9.17, 15) is 0 Å². The molecule has 0 radical (unpaired) electrons. The highest BCUT2D eigenvalue weighted by molar-refractivity contribution is 5.83. The molecule has 0 spiro atoms. The lowest BCUT2D eigenvalue weighted by Gasteiger charge is -2.14. The SMILES string of the molecule is Cc1c(CNC(C)C)oc2cc3c(cc12)CCCC3. The minimum atomic E-state index is 0.487. The summed E-state index contributed by atoms with van der Waals surface area (Å²) in [4.78, 5) is 0. The van der Waals surface area contributed by atoms with E-state index < -0.39 is 0 Å². The van der Waals surface area contributed by atoms with Crippen LogP contribution in [0.2, 0.25) is 0 Å². The molecule has 1 aromatic carbocycles. The summed E-state index contributed by atoms with van der Waals surface area (Å²) < 4.78 is 6.05. The Hall–Kier alpha value is -1.28. The summed E-state index contributed by atoms with van der Waals surface area (Å²) >= 11 is 0. The van der Waals surface area contributed by atoms with Crippen LogP contribution in [0.1, 0.15) is 49.1 Å². The first-order valence-electron chi connectivity index (χ1n) is 7.42. The maximum atomic E-state index is 6.05. The summed E-state index contributed by atoms with van der Waals surface area (Å²) in [6.07, 6.45) is 5.09. The molecule has 1 aromatic heterocycles. The van der Waals surface area contributed by atoms with Gasteiger partial charge >= 0.3 is 0 Å². The molecule has 1 N–H and O–H groups in total. The molecule has 2 nitrogen and oxygen atoms in total. The normalized spacial score (nSPS) is 15.2. The maximum Gasteiger partial charge on any atom is 0.134 e. The van der Waals surface area contributed by atoms with Gasteiger partial charge < -0.3 is 9.73 Å². The molecule has 0 saturated carbocycles. The molecule has 3 rings (SSSR count). The van der Waals surface area contributed by atoms with Crippen LogP contribution in [0, 0.1) is 6.92 Å². The first-order valence-corrected chi connectivity index (χ1v) is 7.42. The molecule has 0 aliphatic heterocycles. The van der Waals surface area contributed by atoms with Gasteiger partial charge in [0, 0.05) is 11.4 Å². The Morgan fingerprint density at radius 1 is 1.16 bits per heavy atom. The topological polar surface area (TPSA) is 25.2 Å². The first kappa shape index (κ1) is 12.7. The Bertz CT molecular complexity index is 595. The van der Waals surface area contributed by atoms with E-state index >= 15 is 0 Å². The van der Waals surface area contributed by atoms with E-state index in [4.69, 9.17) is 4.42 Å². The van der Waals surface area contributed by atoms with Gasteiger partial charge in [-0.25, -0.2) is 0 Å². The van der Waals surface area contributed by atoms with Crippen LogP contribution in [0.4, 0.5) is 0 Å². The smallest absolute Gasteiger partial charge is 0.134 e. The van der Waals surface area contributed by atoms with Crippen LogP contribution in [0.25, 0.3) is 11.0 Å². The predicted molar refractivity (Wildman–Crippen MR) is 79.6 cm³/mol. The quantitative estimate of drug-likeness (QED) is 0.894. The van der Waals surface area contributed by atoms with Crippen molar-refractivity contribution in [2.75, 3.05) is 0 Å². The number of benzene rings is 1. The number of rotatable bonds is 3. The van der Waals surface area contributed by atoms with E-state index in [2.05, 4.69) is 38.2 Å². The molecular weight excluding hydrogens is 234 g/mol. The molecular formula is C17H23NO. The summed E-state index contributed by atoms with van der Waals surface area (Å²) in [7, 11) is 0. The fourth-order valence-corrected chi connectivity index (χ4v) is 2.97. The molecule has 0 bridgehead atoms. The average molecular weight is 257 g/mol. The summed E-state index contributed by atoms with van der Waals surface area (Å²) in [6, 6.07) is 5.12. The van der Waals surface area contributed by atoms with Crippen LogP contribution in [0.15, 0.2) is 16.5 Å². The minimum Gasteiger partial charge on any atom is -0.459 e. The van der Waals surface area contributed by atoms with Gasteiger partial charge in [0.05, 0.1) is 6.54 Å². The van der Waals surface area contributed by atoms with Gasteiger partial charge in [-0.1, -0.05) is 13.8 Å². The van der Waals surface area contributed by atoms with E-state index in [1.165, 1.54) is 47.8 Å². The van der Waals surface area contributed by atoms with Crippen molar-refractivity contribution in [2.45, 2.75) is 59.0 Å². The fraction of sp³-hybridized carbons (Fsp3) is 0.529. The zero-order valence-electron chi connectivity index (χ0n) is 12.2. The largest absolute Gasteiger partial charge is 0.459 e. The molecule has 0 fully saturated rings. The van der Waals surface area contributed by atoms with E-state index in [-0.39, 0.29) is 0 Å². The van der Waals surface area contributed by atoms with Crippen molar-refractivity contribution < 1.29 is 4.42 Å². The van der Waals surface area contributed by atoms with Crippen LogP contribution in [-0.2, 0) is 19.4 Å². The molecule has 2 aromatic rings. The number of aryl methyl sites for hydroxylation is 3. The van der Waals surface area contributed by atoms with E-state index in [0.717, 1.165) is 17.9 Å². The van der Waals surface area contributed by atoms with Crippen molar-refractivity contribution in [3.63, 3.8) is 0 Å². The second kappa shape index (κ2) is 5.01. The number of hydrogen-bond donors (Lipinski definition) is 1. The van der Waals surface area contributed by atoms with E-state index in [1.54, 1.807) is 0 Å². The zero-order valence-corrected chi connectivity index (χ0v) is 12.2. The Kier molecular flexibility index (Phi) is 3.36. The Balaban J connectivity index is 2.00. The highest BCUT2D eigenvalue weighted by Crippen LogP contribution is 2.31. The second-order valence-electron chi connectivity index (χ2n) is 6.01. The minimum absolute atomic E-state index is 0.487. The summed E-state index contributed by atoms with van der Waals surface area (Å²) in [5, 5.41) is 4.75. The highest BCUT2D eigenvalue weighted by atomic mass is 16.3. The standard InChI is InChI=1S/C17H23NO/c1-11(2)18-10-17-12(3)15-8-13-6-4-5-7-14(13)9-16(15)19-17/h8-9,11,18H,4-7,10H2,1-3H3. The van der Waals surface area contributed by atoms with Crippen LogP contribution < -0.4 is 5.32 Å². The predicted octanol–water partition coefficient (Wildman–Crippen LogP) is 4.12. The second-order valence-corrected chi connectivity index (χ2v) is 6.01. The van der Waals surface area contributed by atoms with Crippen LogP contribution in [0.3, 0.4) is 0 Å². The average Bonchev–Trinajstić information content (AvgIpc) is 2.70. The summed E-state index contributed by atoms with van der Waals surface area (Å²) in [5.41, 5.74) is 5.40. The van der Waals surface area contributed by atoms with Gasteiger partial charge in [0.2, 0.25) is 0 Å². The monoisotopic (exact) mass is 257 g/mol. The third-order valence-electron chi connectivity index (χ3n) is 4.17. The molecule has 102 valence electrons. The molecule has 1 heterocycles. The van der Waals surface area contributed by atoms with Crippen LogP contribution >= 0.6 is 0 Å². The molecule has 0 saturated heterocycles. The molecule has 19 heavy (non-hydrogen) atoms. The van der Waals surface area contributed by atoms with Gasteiger partial charge in [-0.2, -0.15) is 0 Å². The van der Waals surface area contributed by atoms with Gasteiger partial charge in [0.1, 0.15) is 11.3 Å². The van der Waals surface area contributed by atoms with Gasteiger partial charge in [-0.15, -0.1) is 0 Å². The molecule has 0 unspecified atom stereocenters. The van der Waals surface area contributed by atoms with Gasteiger partial charge in [0.15, 0.2) is 0 Å². The fourth-order valence-electron chi connectivity index (χ4n) is 2.97. The highest BCUT2D eigenvalue weighted by Gasteiger charge is 2.16. The maximum absolute atomic E-state index is 6.05. The van der Waals surface area contributed by atoms with Crippen LogP contribution in [0.5, 0.6) is 0 Å². The van der Waals surface area contributed by atoms with Gasteiger partial charge in [0.25, 0.3) is 0 Å². The first-order chi connectivity index (χ1) is 9.15. The molecule has 0 atom stereocenters. The Morgan fingerprint density at radius 2 is 1.84 bits per heavy atom. The van der Waals surface area contributed by atoms with Crippen molar-refractivity contribution in [1.29, 1.82) is 0 Å². The van der Waals surface area contributed by atoms with E-state index in [0.29, 0.717) is 6.04 Å².